The zero-order valence-electron chi connectivity index (χ0n) is 12.7. The molecule has 1 aliphatic heterocycles. The summed E-state index contributed by atoms with van der Waals surface area (Å²) in [6, 6.07) is 15.5. The van der Waals surface area contributed by atoms with E-state index in [4.69, 9.17) is 0 Å². The molecule has 0 amide bonds. The van der Waals surface area contributed by atoms with Crippen LogP contribution in [-0.2, 0) is 0 Å². The third-order valence-electron chi connectivity index (χ3n) is 4.15. The number of rotatable bonds is 3. The summed E-state index contributed by atoms with van der Waals surface area (Å²) in [6.07, 6.45) is 1.07. The van der Waals surface area contributed by atoms with Crippen LogP contribution in [0.1, 0.15) is 6.42 Å². The van der Waals surface area contributed by atoms with Crippen LogP contribution in [-0.4, -0.2) is 34.2 Å². The summed E-state index contributed by atoms with van der Waals surface area (Å²) in [6.45, 7) is 1.96. The van der Waals surface area contributed by atoms with Gasteiger partial charge in [-0.1, -0.05) is 24.3 Å². The second kappa shape index (κ2) is 5.85. The Morgan fingerprint density at radius 3 is 2.70 bits per heavy atom. The Bertz CT molecular complexity index is 843. The number of aromatic nitrogens is 2. The van der Waals surface area contributed by atoms with E-state index in [1.807, 2.05) is 36.4 Å². The second-order valence-corrected chi connectivity index (χ2v) is 5.76. The number of aromatic hydroxyl groups is 1. The largest absolute Gasteiger partial charge is 0.507 e. The van der Waals surface area contributed by atoms with Crippen molar-refractivity contribution in [3.05, 3.63) is 48.5 Å². The molecule has 3 aromatic rings. The zero-order chi connectivity index (χ0) is 15.6. The van der Waals surface area contributed by atoms with Gasteiger partial charge in [-0.15, -0.1) is 0 Å². The number of nitrogens with zero attached hydrogens (tertiary/aromatic N) is 2. The van der Waals surface area contributed by atoms with Gasteiger partial charge in [0.25, 0.3) is 0 Å². The number of phenolic OH excluding ortho intramolecular Hbond substituents is 1. The standard InChI is InChI=1S/C18H18N4O/c23-16-8-4-2-6-14(16)18-21-15-7-3-1-5-13(15)17(22-18)20-12-9-10-19-11-12/h1-8,12,19,23H,9-11H2,(H,20,21,22)/t12-/m1/s1. The van der Waals surface area contributed by atoms with Gasteiger partial charge < -0.3 is 15.7 Å². The van der Waals surface area contributed by atoms with Crippen LogP contribution in [0.15, 0.2) is 48.5 Å². The lowest BCUT2D eigenvalue weighted by molar-refractivity contribution is 0.477. The summed E-state index contributed by atoms with van der Waals surface area (Å²) in [5.41, 5.74) is 1.51. The van der Waals surface area contributed by atoms with Crippen LogP contribution in [0.5, 0.6) is 5.75 Å². The van der Waals surface area contributed by atoms with Gasteiger partial charge >= 0.3 is 0 Å². The van der Waals surface area contributed by atoms with Gasteiger partial charge in [-0.3, -0.25) is 0 Å². The van der Waals surface area contributed by atoms with Crippen LogP contribution in [0.2, 0.25) is 0 Å². The predicted molar refractivity (Wildman–Crippen MR) is 91.5 cm³/mol. The molecule has 1 aromatic heterocycles. The lowest BCUT2D eigenvalue weighted by Crippen LogP contribution is -2.23. The predicted octanol–water partition coefficient (Wildman–Crippen LogP) is 2.78. The minimum absolute atomic E-state index is 0.191. The lowest BCUT2D eigenvalue weighted by Gasteiger charge is -2.15. The summed E-state index contributed by atoms with van der Waals surface area (Å²) in [4.78, 5) is 9.30. The van der Waals surface area contributed by atoms with Crippen molar-refractivity contribution in [1.82, 2.24) is 15.3 Å². The van der Waals surface area contributed by atoms with E-state index in [9.17, 15) is 5.11 Å². The van der Waals surface area contributed by atoms with E-state index in [1.165, 1.54) is 0 Å². The minimum Gasteiger partial charge on any atom is -0.507 e. The molecule has 0 bridgehead atoms. The summed E-state index contributed by atoms with van der Waals surface area (Å²) in [5, 5.41) is 18.0. The number of hydrogen-bond donors (Lipinski definition) is 3. The first-order valence-electron chi connectivity index (χ1n) is 7.84. The van der Waals surface area contributed by atoms with Crippen LogP contribution in [0.3, 0.4) is 0 Å². The van der Waals surface area contributed by atoms with Crippen molar-refractivity contribution >= 4 is 16.7 Å². The molecule has 2 aromatic carbocycles. The van der Waals surface area contributed by atoms with Crippen molar-refractivity contribution in [3.8, 4) is 17.1 Å². The maximum atomic E-state index is 10.1. The minimum atomic E-state index is 0.191. The highest BCUT2D eigenvalue weighted by molar-refractivity contribution is 5.91. The van der Waals surface area contributed by atoms with E-state index in [0.717, 1.165) is 36.2 Å². The van der Waals surface area contributed by atoms with E-state index in [-0.39, 0.29) is 5.75 Å². The quantitative estimate of drug-likeness (QED) is 0.694. The molecular formula is C18H18N4O. The highest BCUT2D eigenvalue weighted by atomic mass is 16.3. The van der Waals surface area contributed by atoms with Crippen molar-refractivity contribution in [2.45, 2.75) is 12.5 Å². The van der Waals surface area contributed by atoms with E-state index in [0.29, 0.717) is 17.4 Å². The highest BCUT2D eigenvalue weighted by Gasteiger charge is 2.17. The van der Waals surface area contributed by atoms with E-state index in [2.05, 4.69) is 20.6 Å². The van der Waals surface area contributed by atoms with Crippen LogP contribution in [0, 0.1) is 0 Å². The topological polar surface area (TPSA) is 70.1 Å². The Hall–Kier alpha value is -2.66. The Morgan fingerprint density at radius 2 is 1.87 bits per heavy atom. The third kappa shape index (κ3) is 2.71. The fourth-order valence-corrected chi connectivity index (χ4v) is 2.94. The molecular weight excluding hydrogens is 288 g/mol. The van der Waals surface area contributed by atoms with Gasteiger partial charge in [-0.05, 0) is 37.2 Å². The number of phenols is 1. The zero-order valence-corrected chi connectivity index (χ0v) is 12.7. The van der Waals surface area contributed by atoms with Crippen molar-refractivity contribution in [3.63, 3.8) is 0 Å². The smallest absolute Gasteiger partial charge is 0.165 e. The number of hydrogen-bond acceptors (Lipinski definition) is 5. The first kappa shape index (κ1) is 14.0. The maximum absolute atomic E-state index is 10.1. The number of anilines is 1. The first-order valence-corrected chi connectivity index (χ1v) is 7.84. The van der Waals surface area contributed by atoms with Gasteiger partial charge in [0.2, 0.25) is 0 Å². The average Bonchev–Trinajstić information content (AvgIpc) is 3.08. The van der Waals surface area contributed by atoms with Gasteiger partial charge in [0.1, 0.15) is 11.6 Å². The van der Waals surface area contributed by atoms with Crippen LogP contribution in [0.25, 0.3) is 22.3 Å². The molecule has 5 nitrogen and oxygen atoms in total. The normalized spacial score (nSPS) is 17.5. The molecule has 116 valence electrons. The highest BCUT2D eigenvalue weighted by Crippen LogP contribution is 2.30. The molecule has 1 aliphatic rings. The fraction of sp³-hybridized carbons (Fsp3) is 0.222. The molecule has 1 atom stereocenters. The molecule has 0 spiro atoms. The van der Waals surface area contributed by atoms with Crippen molar-refractivity contribution in [1.29, 1.82) is 0 Å². The summed E-state index contributed by atoms with van der Waals surface area (Å²) >= 11 is 0. The molecule has 4 rings (SSSR count). The van der Waals surface area contributed by atoms with Gasteiger partial charge in [0, 0.05) is 18.0 Å². The van der Waals surface area contributed by atoms with Gasteiger partial charge in [-0.2, -0.15) is 0 Å². The number of fused-ring (bicyclic) bond motifs is 1. The SMILES string of the molecule is Oc1ccccc1-c1nc(N[C@@H]2CCNC2)c2ccccc2n1. The van der Waals surface area contributed by atoms with E-state index in [1.54, 1.807) is 12.1 Å². The fourth-order valence-electron chi connectivity index (χ4n) is 2.94. The molecule has 1 fully saturated rings. The summed E-state index contributed by atoms with van der Waals surface area (Å²) in [7, 11) is 0. The molecule has 0 unspecified atom stereocenters. The molecule has 23 heavy (non-hydrogen) atoms. The van der Waals surface area contributed by atoms with Crippen LogP contribution in [0.4, 0.5) is 5.82 Å². The monoisotopic (exact) mass is 306 g/mol. The molecule has 5 heteroatoms. The number of nitrogens with one attached hydrogen (secondary N) is 2. The summed E-state index contributed by atoms with van der Waals surface area (Å²) in [5.74, 6) is 1.55. The summed E-state index contributed by atoms with van der Waals surface area (Å²) < 4.78 is 0. The van der Waals surface area contributed by atoms with Gasteiger partial charge in [0.15, 0.2) is 5.82 Å². The van der Waals surface area contributed by atoms with Gasteiger partial charge in [-0.25, -0.2) is 9.97 Å². The van der Waals surface area contributed by atoms with Gasteiger partial charge in [0.05, 0.1) is 11.1 Å². The number of benzene rings is 2. The maximum Gasteiger partial charge on any atom is 0.165 e. The van der Waals surface area contributed by atoms with Crippen LogP contribution >= 0.6 is 0 Å². The molecule has 0 radical (unpaired) electrons. The van der Waals surface area contributed by atoms with Crippen molar-refractivity contribution in [2.24, 2.45) is 0 Å². The molecule has 1 saturated heterocycles. The second-order valence-electron chi connectivity index (χ2n) is 5.76. The molecule has 0 saturated carbocycles. The Morgan fingerprint density at radius 1 is 1.04 bits per heavy atom. The first-order chi connectivity index (χ1) is 11.3. The molecule has 3 N–H and O–H groups in total. The Balaban J connectivity index is 1.84. The Labute approximate surface area is 134 Å². The van der Waals surface area contributed by atoms with E-state index >= 15 is 0 Å². The number of para-hydroxylation sites is 2. The Kier molecular flexibility index (Phi) is 3.55. The molecule has 0 aliphatic carbocycles. The van der Waals surface area contributed by atoms with Crippen LogP contribution < -0.4 is 10.6 Å². The van der Waals surface area contributed by atoms with Crippen molar-refractivity contribution in [2.75, 3.05) is 18.4 Å². The average molecular weight is 306 g/mol. The third-order valence-corrected chi connectivity index (χ3v) is 4.15. The van der Waals surface area contributed by atoms with Crippen molar-refractivity contribution < 1.29 is 5.11 Å². The van der Waals surface area contributed by atoms with E-state index < -0.39 is 0 Å². The molecule has 2 heterocycles. The lowest BCUT2D eigenvalue weighted by atomic mass is 10.1.